The fraction of sp³-hybridized carbons (Fsp3) is 0.0714. The Labute approximate surface area is 130 Å². The van der Waals surface area contributed by atoms with E-state index >= 15 is 0 Å². The molecule has 2 aromatic heterocycles. The van der Waals surface area contributed by atoms with Gasteiger partial charge in [-0.05, 0) is 37.3 Å². The van der Waals surface area contributed by atoms with Gasteiger partial charge in [0.2, 0.25) is 5.95 Å². The Morgan fingerprint density at radius 2 is 2.00 bits per heavy atom. The van der Waals surface area contributed by atoms with Crippen molar-refractivity contribution in [3.05, 3.63) is 64.3 Å². The van der Waals surface area contributed by atoms with Crippen LogP contribution < -0.4 is 16.4 Å². The maximum Gasteiger partial charge on any atom is 0.274 e. The zero-order valence-corrected chi connectivity index (χ0v) is 12.1. The molecule has 0 spiro atoms. The van der Waals surface area contributed by atoms with Gasteiger partial charge < -0.3 is 0 Å². The number of hydrazine groups is 1. The van der Waals surface area contributed by atoms with E-state index in [1.54, 1.807) is 35.1 Å². The Hall–Kier alpha value is -3.49. The van der Waals surface area contributed by atoms with E-state index in [0.29, 0.717) is 5.56 Å². The summed E-state index contributed by atoms with van der Waals surface area (Å²) in [5.41, 5.74) is 6.09. The molecule has 23 heavy (non-hydrogen) atoms. The average Bonchev–Trinajstić information content (AvgIpc) is 3.10. The number of carbonyl (C=O) groups is 1. The maximum atomic E-state index is 12.0. The largest absolute Gasteiger partial charge is 0.288 e. The molecule has 0 radical (unpaired) electrons. The molecule has 0 unspecified atom stereocenters. The summed E-state index contributed by atoms with van der Waals surface area (Å²) in [4.78, 5) is 25.9. The number of benzene rings is 1. The van der Waals surface area contributed by atoms with Crippen molar-refractivity contribution in [2.24, 2.45) is 0 Å². The highest BCUT2D eigenvalue weighted by Gasteiger charge is 2.07. The first-order valence-corrected chi connectivity index (χ1v) is 6.73. The number of amides is 1. The SMILES string of the molecule is Cc1nnc(NNC(=O)c2ccc(-n3cccn3)cc2)[nH]c1=O. The Balaban J connectivity index is 1.66. The number of nitrogens with zero attached hydrogens (tertiary/aromatic N) is 4. The number of aromatic nitrogens is 5. The summed E-state index contributed by atoms with van der Waals surface area (Å²) in [6.45, 7) is 1.54. The van der Waals surface area contributed by atoms with Crippen molar-refractivity contribution in [1.29, 1.82) is 0 Å². The number of carbonyl (C=O) groups excluding carboxylic acids is 1. The Morgan fingerprint density at radius 3 is 2.65 bits per heavy atom. The van der Waals surface area contributed by atoms with E-state index in [4.69, 9.17) is 0 Å². The maximum absolute atomic E-state index is 12.0. The van der Waals surface area contributed by atoms with E-state index in [9.17, 15) is 9.59 Å². The molecule has 3 aromatic rings. The molecule has 0 saturated carbocycles. The lowest BCUT2D eigenvalue weighted by Gasteiger charge is -2.07. The van der Waals surface area contributed by atoms with Crippen LogP contribution in [-0.4, -0.2) is 30.9 Å². The molecule has 0 aliphatic rings. The van der Waals surface area contributed by atoms with Crippen LogP contribution >= 0.6 is 0 Å². The number of aryl methyl sites for hydroxylation is 1. The highest BCUT2D eigenvalue weighted by atomic mass is 16.2. The van der Waals surface area contributed by atoms with Gasteiger partial charge in [-0.1, -0.05) is 0 Å². The van der Waals surface area contributed by atoms with Crippen LogP contribution in [0.4, 0.5) is 5.95 Å². The summed E-state index contributed by atoms with van der Waals surface area (Å²) >= 11 is 0. The van der Waals surface area contributed by atoms with Crippen molar-refractivity contribution in [2.45, 2.75) is 6.92 Å². The molecular weight excluding hydrogens is 298 g/mol. The molecule has 9 nitrogen and oxygen atoms in total. The summed E-state index contributed by atoms with van der Waals surface area (Å²) in [6.07, 6.45) is 3.48. The standard InChI is InChI=1S/C14H13N7O2/c1-9-12(22)16-14(19-17-9)20-18-13(23)10-3-5-11(6-4-10)21-8-2-7-15-21/h2-8H,1H3,(H,18,23)(H2,16,19,20,22). The number of rotatable bonds is 4. The van der Waals surface area contributed by atoms with Crippen LogP contribution in [0.25, 0.3) is 5.69 Å². The van der Waals surface area contributed by atoms with Crippen molar-refractivity contribution in [3.8, 4) is 5.69 Å². The van der Waals surface area contributed by atoms with Crippen molar-refractivity contribution >= 4 is 11.9 Å². The van der Waals surface area contributed by atoms with Crippen LogP contribution in [0.3, 0.4) is 0 Å². The fourth-order valence-electron chi connectivity index (χ4n) is 1.82. The number of nitrogens with one attached hydrogen (secondary N) is 3. The van der Waals surface area contributed by atoms with Crippen LogP contribution in [0.15, 0.2) is 47.5 Å². The van der Waals surface area contributed by atoms with Gasteiger partial charge >= 0.3 is 0 Å². The second kappa shape index (κ2) is 6.10. The van der Waals surface area contributed by atoms with Gasteiger partial charge in [0.15, 0.2) is 0 Å². The van der Waals surface area contributed by atoms with Gasteiger partial charge in [0, 0.05) is 18.0 Å². The predicted octanol–water partition coefficient (Wildman–Crippen LogP) is 0.416. The molecule has 2 heterocycles. The normalized spacial score (nSPS) is 10.3. The molecule has 0 bridgehead atoms. The van der Waals surface area contributed by atoms with E-state index in [-0.39, 0.29) is 23.1 Å². The van der Waals surface area contributed by atoms with E-state index in [1.807, 2.05) is 12.3 Å². The topological polar surface area (TPSA) is 118 Å². The Morgan fingerprint density at radius 1 is 1.22 bits per heavy atom. The zero-order chi connectivity index (χ0) is 16.2. The van der Waals surface area contributed by atoms with Crippen molar-refractivity contribution < 1.29 is 4.79 Å². The van der Waals surface area contributed by atoms with Crippen LogP contribution in [-0.2, 0) is 0 Å². The summed E-state index contributed by atoms with van der Waals surface area (Å²) in [7, 11) is 0. The lowest BCUT2D eigenvalue weighted by molar-refractivity contribution is 0.0962. The van der Waals surface area contributed by atoms with Gasteiger partial charge in [-0.3, -0.25) is 25.4 Å². The van der Waals surface area contributed by atoms with Crippen molar-refractivity contribution in [2.75, 3.05) is 5.43 Å². The van der Waals surface area contributed by atoms with Crippen LogP contribution in [0.1, 0.15) is 16.1 Å². The molecule has 1 aromatic carbocycles. The highest BCUT2D eigenvalue weighted by molar-refractivity contribution is 5.94. The first kappa shape index (κ1) is 14.4. The molecule has 3 rings (SSSR count). The van der Waals surface area contributed by atoms with Gasteiger partial charge in [0.25, 0.3) is 11.5 Å². The zero-order valence-electron chi connectivity index (χ0n) is 12.1. The minimum Gasteiger partial charge on any atom is -0.288 e. The first-order valence-electron chi connectivity index (χ1n) is 6.73. The quantitative estimate of drug-likeness (QED) is 0.601. The molecule has 9 heteroatoms. The van der Waals surface area contributed by atoms with Crippen LogP contribution in [0.5, 0.6) is 0 Å². The fourth-order valence-corrected chi connectivity index (χ4v) is 1.82. The number of anilines is 1. The minimum absolute atomic E-state index is 0.0575. The molecule has 0 aliphatic heterocycles. The van der Waals surface area contributed by atoms with E-state index in [1.165, 1.54) is 6.92 Å². The third-order valence-corrected chi connectivity index (χ3v) is 3.05. The second-order valence-electron chi connectivity index (χ2n) is 4.66. The number of hydrogen-bond donors (Lipinski definition) is 3. The molecule has 0 saturated heterocycles. The molecule has 0 aliphatic carbocycles. The van der Waals surface area contributed by atoms with Crippen LogP contribution in [0.2, 0.25) is 0 Å². The van der Waals surface area contributed by atoms with Gasteiger partial charge in [-0.15, -0.1) is 10.2 Å². The predicted molar refractivity (Wildman–Crippen MR) is 82.0 cm³/mol. The molecule has 0 atom stereocenters. The number of aromatic amines is 1. The molecule has 3 N–H and O–H groups in total. The van der Waals surface area contributed by atoms with Gasteiger partial charge in [-0.2, -0.15) is 5.10 Å². The lowest BCUT2D eigenvalue weighted by Crippen LogP contribution is -2.31. The van der Waals surface area contributed by atoms with E-state index in [2.05, 4.69) is 31.1 Å². The van der Waals surface area contributed by atoms with Gasteiger partial charge in [0.05, 0.1) is 5.69 Å². The molecule has 0 fully saturated rings. The molecule has 116 valence electrons. The highest BCUT2D eigenvalue weighted by Crippen LogP contribution is 2.08. The first-order chi connectivity index (χ1) is 11.1. The van der Waals surface area contributed by atoms with Gasteiger partial charge in [0.1, 0.15) is 5.69 Å². The number of H-pyrrole nitrogens is 1. The lowest BCUT2D eigenvalue weighted by atomic mass is 10.2. The van der Waals surface area contributed by atoms with Gasteiger partial charge in [-0.25, -0.2) is 4.68 Å². The smallest absolute Gasteiger partial charge is 0.274 e. The third kappa shape index (κ3) is 3.23. The minimum atomic E-state index is -0.375. The second-order valence-corrected chi connectivity index (χ2v) is 4.66. The summed E-state index contributed by atoms with van der Waals surface area (Å²) in [5, 5.41) is 11.5. The Bertz CT molecular complexity index is 869. The summed E-state index contributed by atoms with van der Waals surface area (Å²) < 4.78 is 1.69. The third-order valence-electron chi connectivity index (χ3n) is 3.05. The van der Waals surface area contributed by atoms with Crippen LogP contribution in [0, 0.1) is 6.92 Å². The summed E-state index contributed by atoms with van der Waals surface area (Å²) in [5.74, 6) is -0.317. The van der Waals surface area contributed by atoms with Crippen molar-refractivity contribution in [1.82, 2.24) is 30.4 Å². The molecular formula is C14H13N7O2. The van der Waals surface area contributed by atoms with Crippen molar-refractivity contribution in [3.63, 3.8) is 0 Å². The summed E-state index contributed by atoms with van der Waals surface area (Å²) in [6, 6.07) is 8.69. The average molecular weight is 311 g/mol. The Kier molecular flexibility index (Phi) is 3.83. The van der Waals surface area contributed by atoms with E-state index < -0.39 is 0 Å². The van der Waals surface area contributed by atoms with E-state index in [0.717, 1.165) is 5.69 Å². The molecule has 1 amide bonds. The number of hydrogen-bond acceptors (Lipinski definition) is 6. The monoisotopic (exact) mass is 311 g/mol.